The summed E-state index contributed by atoms with van der Waals surface area (Å²) in [6, 6.07) is 4.40. The van der Waals surface area contributed by atoms with E-state index in [1.54, 1.807) is 18.4 Å². The molecule has 21 heavy (non-hydrogen) atoms. The molecule has 2 aromatic rings. The van der Waals surface area contributed by atoms with E-state index in [9.17, 15) is 0 Å². The Balaban J connectivity index is 1.75. The van der Waals surface area contributed by atoms with Gasteiger partial charge in [0.05, 0.1) is 11.2 Å². The van der Waals surface area contributed by atoms with Crippen LogP contribution in [0, 0.1) is 12.8 Å². The Morgan fingerprint density at radius 2 is 2.33 bits per heavy atom. The van der Waals surface area contributed by atoms with E-state index in [1.165, 1.54) is 16.3 Å². The number of hydrogen-bond donors (Lipinski definition) is 0. The highest BCUT2D eigenvalue weighted by Gasteiger charge is 2.22. The standard InChI is InChI=1S/C16H23N3OS/c1-13-16(21-12-17-13)11-18-8-14(5-7-20-2)9-19-6-3-4-15(19)10-18/h3-4,6,12,14H,5,7-11H2,1-2H3. The number of fused-ring (bicyclic) bond motifs is 1. The van der Waals surface area contributed by atoms with E-state index in [2.05, 4.69) is 39.7 Å². The van der Waals surface area contributed by atoms with Crippen molar-refractivity contribution in [3.63, 3.8) is 0 Å². The van der Waals surface area contributed by atoms with E-state index in [-0.39, 0.29) is 0 Å². The molecule has 0 aliphatic carbocycles. The first-order valence-electron chi connectivity index (χ1n) is 7.50. The summed E-state index contributed by atoms with van der Waals surface area (Å²) in [5, 5.41) is 0. The van der Waals surface area contributed by atoms with Crippen LogP contribution in [0.3, 0.4) is 0 Å². The van der Waals surface area contributed by atoms with Gasteiger partial charge in [-0.05, 0) is 31.4 Å². The van der Waals surface area contributed by atoms with Crippen LogP contribution in [-0.4, -0.2) is 34.7 Å². The minimum absolute atomic E-state index is 0.645. The fourth-order valence-electron chi connectivity index (χ4n) is 3.03. The van der Waals surface area contributed by atoms with Crippen molar-refractivity contribution in [1.29, 1.82) is 0 Å². The Labute approximate surface area is 130 Å². The normalized spacial score (nSPS) is 19.4. The van der Waals surface area contributed by atoms with Gasteiger partial charge in [-0.3, -0.25) is 4.90 Å². The molecule has 3 rings (SSSR count). The maximum absolute atomic E-state index is 5.28. The molecule has 2 aromatic heterocycles. The number of hydrogen-bond acceptors (Lipinski definition) is 4. The molecule has 3 heterocycles. The zero-order valence-electron chi connectivity index (χ0n) is 12.8. The van der Waals surface area contributed by atoms with E-state index >= 15 is 0 Å². The molecule has 0 amide bonds. The average Bonchev–Trinajstić information content (AvgIpc) is 3.03. The highest BCUT2D eigenvalue weighted by molar-refractivity contribution is 7.09. The van der Waals surface area contributed by atoms with Gasteiger partial charge in [0, 0.05) is 56.7 Å². The lowest BCUT2D eigenvalue weighted by atomic mass is 10.1. The summed E-state index contributed by atoms with van der Waals surface area (Å²) in [6.45, 7) is 7.20. The third-order valence-electron chi connectivity index (χ3n) is 4.22. The fourth-order valence-corrected chi connectivity index (χ4v) is 3.85. The number of aromatic nitrogens is 2. The lowest BCUT2D eigenvalue weighted by Gasteiger charge is -2.23. The van der Waals surface area contributed by atoms with Crippen LogP contribution in [0.4, 0.5) is 0 Å². The summed E-state index contributed by atoms with van der Waals surface area (Å²) >= 11 is 1.77. The van der Waals surface area contributed by atoms with Crippen LogP contribution >= 0.6 is 11.3 Å². The van der Waals surface area contributed by atoms with Crippen molar-refractivity contribution in [3.8, 4) is 0 Å². The van der Waals surface area contributed by atoms with Gasteiger partial charge in [0.15, 0.2) is 0 Å². The number of aryl methyl sites for hydroxylation is 1. The molecule has 0 N–H and O–H groups in total. The number of ether oxygens (including phenoxy) is 1. The van der Waals surface area contributed by atoms with Crippen molar-refractivity contribution in [2.24, 2.45) is 5.92 Å². The maximum Gasteiger partial charge on any atom is 0.0798 e. The second-order valence-corrected chi connectivity index (χ2v) is 6.77. The Kier molecular flexibility index (Phi) is 4.73. The third kappa shape index (κ3) is 3.54. The number of methoxy groups -OCH3 is 1. The zero-order valence-corrected chi connectivity index (χ0v) is 13.6. The van der Waals surface area contributed by atoms with Crippen molar-refractivity contribution < 1.29 is 4.74 Å². The van der Waals surface area contributed by atoms with E-state index < -0.39 is 0 Å². The summed E-state index contributed by atoms with van der Waals surface area (Å²) in [4.78, 5) is 8.32. The molecule has 1 aliphatic rings. The molecule has 0 fully saturated rings. The lowest BCUT2D eigenvalue weighted by molar-refractivity contribution is 0.151. The van der Waals surface area contributed by atoms with E-state index in [1.807, 2.05) is 5.51 Å². The van der Waals surface area contributed by atoms with Gasteiger partial charge in [-0.25, -0.2) is 4.98 Å². The fraction of sp³-hybridized carbons (Fsp3) is 0.562. The Morgan fingerprint density at radius 1 is 1.43 bits per heavy atom. The summed E-state index contributed by atoms with van der Waals surface area (Å²) in [6.07, 6.45) is 3.32. The molecular weight excluding hydrogens is 282 g/mol. The molecule has 1 atom stereocenters. The summed E-state index contributed by atoms with van der Waals surface area (Å²) in [5.74, 6) is 0.645. The Bertz CT molecular complexity index is 578. The van der Waals surface area contributed by atoms with Gasteiger partial charge in [-0.2, -0.15) is 0 Å². The van der Waals surface area contributed by atoms with Crippen molar-refractivity contribution >= 4 is 11.3 Å². The molecule has 1 aliphatic heterocycles. The van der Waals surface area contributed by atoms with Crippen molar-refractivity contribution in [2.45, 2.75) is 33.0 Å². The molecular formula is C16H23N3OS. The van der Waals surface area contributed by atoms with Gasteiger partial charge < -0.3 is 9.30 Å². The first kappa shape index (κ1) is 14.8. The quantitative estimate of drug-likeness (QED) is 0.851. The molecule has 0 spiro atoms. The van der Waals surface area contributed by atoms with Crippen LogP contribution in [0.15, 0.2) is 23.8 Å². The van der Waals surface area contributed by atoms with Crippen LogP contribution in [-0.2, 0) is 24.4 Å². The largest absolute Gasteiger partial charge is 0.385 e. The SMILES string of the molecule is COCCC1CN(Cc2scnc2C)Cc2cccn2C1. The van der Waals surface area contributed by atoms with E-state index in [0.29, 0.717) is 5.92 Å². The van der Waals surface area contributed by atoms with Gasteiger partial charge in [0.25, 0.3) is 0 Å². The van der Waals surface area contributed by atoms with Gasteiger partial charge in [0.2, 0.25) is 0 Å². The molecule has 0 saturated carbocycles. The number of rotatable bonds is 5. The molecule has 5 heteroatoms. The van der Waals surface area contributed by atoms with Crippen LogP contribution in [0.5, 0.6) is 0 Å². The average molecular weight is 305 g/mol. The van der Waals surface area contributed by atoms with Crippen LogP contribution < -0.4 is 0 Å². The molecule has 0 radical (unpaired) electrons. The highest BCUT2D eigenvalue weighted by atomic mass is 32.1. The van der Waals surface area contributed by atoms with Crippen LogP contribution in [0.1, 0.15) is 22.7 Å². The molecule has 0 aromatic carbocycles. The summed E-state index contributed by atoms with van der Waals surface area (Å²) in [5.41, 5.74) is 4.54. The first-order valence-corrected chi connectivity index (χ1v) is 8.38. The second kappa shape index (κ2) is 6.73. The van der Waals surface area contributed by atoms with Crippen molar-refractivity contribution in [1.82, 2.24) is 14.5 Å². The van der Waals surface area contributed by atoms with Crippen molar-refractivity contribution in [2.75, 3.05) is 20.3 Å². The Hall–Kier alpha value is -1.17. The Morgan fingerprint density at radius 3 is 3.10 bits per heavy atom. The molecule has 1 unspecified atom stereocenters. The maximum atomic E-state index is 5.28. The lowest BCUT2D eigenvalue weighted by Crippen LogP contribution is -2.28. The minimum atomic E-state index is 0.645. The number of nitrogens with zero attached hydrogens (tertiary/aromatic N) is 3. The highest BCUT2D eigenvalue weighted by Crippen LogP contribution is 2.23. The van der Waals surface area contributed by atoms with Crippen molar-refractivity contribution in [3.05, 3.63) is 40.1 Å². The van der Waals surface area contributed by atoms with Crippen LogP contribution in [0.25, 0.3) is 0 Å². The monoisotopic (exact) mass is 305 g/mol. The zero-order chi connectivity index (χ0) is 14.7. The summed E-state index contributed by atoms with van der Waals surface area (Å²) < 4.78 is 7.68. The first-order chi connectivity index (χ1) is 10.3. The third-order valence-corrected chi connectivity index (χ3v) is 5.14. The molecule has 4 nitrogen and oxygen atoms in total. The molecule has 114 valence electrons. The van der Waals surface area contributed by atoms with Gasteiger partial charge in [-0.15, -0.1) is 11.3 Å². The molecule has 0 saturated heterocycles. The predicted molar refractivity (Wildman–Crippen MR) is 85.4 cm³/mol. The van der Waals surface area contributed by atoms with E-state index in [0.717, 1.165) is 39.2 Å². The summed E-state index contributed by atoms with van der Waals surface area (Å²) in [7, 11) is 1.79. The van der Waals surface area contributed by atoms with Gasteiger partial charge >= 0.3 is 0 Å². The van der Waals surface area contributed by atoms with Gasteiger partial charge in [-0.1, -0.05) is 0 Å². The number of thiazole rings is 1. The molecule has 0 bridgehead atoms. The topological polar surface area (TPSA) is 30.3 Å². The second-order valence-electron chi connectivity index (χ2n) is 5.83. The smallest absolute Gasteiger partial charge is 0.0798 e. The van der Waals surface area contributed by atoms with Crippen LogP contribution in [0.2, 0.25) is 0 Å². The van der Waals surface area contributed by atoms with Gasteiger partial charge in [0.1, 0.15) is 0 Å². The predicted octanol–water partition coefficient (Wildman–Crippen LogP) is 2.92. The minimum Gasteiger partial charge on any atom is -0.385 e. The van der Waals surface area contributed by atoms with E-state index in [4.69, 9.17) is 4.74 Å².